The van der Waals surface area contributed by atoms with Gasteiger partial charge in [0.15, 0.2) is 0 Å². The number of anilines is 2. The highest BCUT2D eigenvalue weighted by Crippen LogP contribution is 2.31. The van der Waals surface area contributed by atoms with Crippen molar-refractivity contribution in [1.82, 2.24) is 0 Å². The molecule has 0 fully saturated rings. The van der Waals surface area contributed by atoms with Crippen LogP contribution in [-0.2, 0) is 16.0 Å². The van der Waals surface area contributed by atoms with Crippen molar-refractivity contribution in [1.29, 1.82) is 0 Å². The van der Waals surface area contributed by atoms with Gasteiger partial charge in [0.1, 0.15) is 5.75 Å². The van der Waals surface area contributed by atoms with Crippen molar-refractivity contribution in [2.75, 3.05) is 17.7 Å². The van der Waals surface area contributed by atoms with Crippen LogP contribution in [0, 0.1) is 0 Å². The molecular formula is C25H24Cl2N2O3S. The van der Waals surface area contributed by atoms with Gasteiger partial charge in [0.25, 0.3) is 0 Å². The molecule has 3 aromatic rings. The summed E-state index contributed by atoms with van der Waals surface area (Å²) in [6.45, 7) is 1.95. The second-order valence-corrected chi connectivity index (χ2v) is 9.38. The molecule has 0 spiro atoms. The Balaban J connectivity index is 1.64. The fraction of sp³-hybridized carbons (Fsp3) is 0.200. The van der Waals surface area contributed by atoms with E-state index in [1.807, 2.05) is 43.3 Å². The van der Waals surface area contributed by atoms with Crippen molar-refractivity contribution in [3.8, 4) is 5.75 Å². The number of thioether (sulfide) groups is 1. The SMILES string of the molecule is CCC(Sc1cccc(NC(=O)Cc2ccc(Cl)cc2)c1)C(=O)Nc1cc(Cl)ccc1OC. The largest absolute Gasteiger partial charge is 0.495 e. The summed E-state index contributed by atoms with van der Waals surface area (Å²) in [5.74, 6) is 0.260. The molecule has 0 aliphatic rings. The third-order valence-electron chi connectivity index (χ3n) is 4.76. The van der Waals surface area contributed by atoms with Crippen molar-refractivity contribution in [3.63, 3.8) is 0 Å². The van der Waals surface area contributed by atoms with Crippen LogP contribution in [0.2, 0.25) is 10.0 Å². The first-order valence-electron chi connectivity index (χ1n) is 10.3. The normalized spacial score (nSPS) is 11.5. The van der Waals surface area contributed by atoms with E-state index in [-0.39, 0.29) is 23.5 Å². The quantitative estimate of drug-likeness (QED) is 0.319. The van der Waals surface area contributed by atoms with Gasteiger partial charge >= 0.3 is 0 Å². The number of ether oxygens (including phenoxy) is 1. The highest BCUT2D eigenvalue weighted by molar-refractivity contribution is 8.00. The summed E-state index contributed by atoms with van der Waals surface area (Å²) >= 11 is 13.4. The van der Waals surface area contributed by atoms with Gasteiger partial charge in [-0.1, -0.05) is 48.3 Å². The molecule has 0 aromatic heterocycles. The Morgan fingerprint density at radius 2 is 1.70 bits per heavy atom. The molecule has 3 rings (SSSR count). The van der Waals surface area contributed by atoms with Crippen molar-refractivity contribution in [3.05, 3.63) is 82.3 Å². The molecule has 8 heteroatoms. The van der Waals surface area contributed by atoms with E-state index in [0.717, 1.165) is 10.5 Å². The van der Waals surface area contributed by atoms with Crippen LogP contribution in [0.25, 0.3) is 0 Å². The Labute approximate surface area is 207 Å². The monoisotopic (exact) mass is 502 g/mol. The Bertz CT molecular complexity index is 1120. The van der Waals surface area contributed by atoms with Gasteiger partial charge in [-0.05, 0) is 60.5 Å². The lowest BCUT2D eigenvalue weighted by Gasteiger charge is -2.17. The van der Waals surface area contributed by atoms with Crippen molar-refractivity contribution in [2.45, 2.75) is 29.9 Å². The summed E-state index contributed by atoms with van der Waals surface area (Å²) in [7, 11) is 1.54. The minimum Gasteiger partial charge on any atom is -0.495 e. The number of nitrogens with one attached hydrogen (secondary N) is 2. The Hall–Kier alpha value is -2.67. The molecule has 2 N–H and O–H groups in total. The number of methoxy groups -OCH3 is 1. The van der Waals surface area contributed by atoms with Gasteiger partial charge in [-0.25, -0.2) is 0 Å². The fourth-order valence-electron chi connectivity index (χ4n) is 3.12. The zero-order chi connectivity index (χ0) is 23.8. The third-order valence-corrected chi connectivity index (χ3v) is 6.60. The molecule has 0 aliphatic carbocycles. The first-order chi connectivity index (χ1) is 15.9. The molecule has 0 bridgehead atoms. The zero-order valence-electron chi connectivity index (χ0n) is 18.2. The van der Waals surface area contributed by atoms with E-state index < -0.39 is 0 Å². The minimum absolute atomic E-state index is 0.127. The number of amides is 2. The first-order valence-corrected chi connectivity index (χ1v) is 12.0. The number of hydrogen-bond acceptors (Lipinski definition) is 4. The summed E-state index contributed by atoms with van der Waals surface area (Å²) < 4.78 is 5.31. The highest BCUT2D eigenvalue weighted by Gasteiger charge is 2.20. The zero-order valence-corrected chi connectivity index (χ0v) is 20.6. The maximum atomic E-state index is 12.9. The lowest BCUT2D eigenvalue weighted by atomic mass is 10.1. The van der Waals surface area contributed by atoms with Crippen LogP contribution in [-0.4, -0.2) is 24.2 Å². The molecular weight excluding hydrogens is 479 g/mol. The van der Waals surface area contributed by atoms with Crippen LogP contribution in [0.5, 0.6) is 5.75 Å². The summed E-state index contributed by atoms with van der Waals surface area (Å²) in [6, 6.07) is 19.7. The van der Waals surface area contributed by atoms with Crippen LogP contribution >= 0.6 is 35.0 Å². The predicted molar refractivity (Wildman–Crippen MR) is 137 cm³/mol. The number of rotatable bonds is 9. The van der Waals surface area contributed by atoms with Gasteiger partial charge < -0.3 is 15.4 Å². The average molecular weight is 503 g/mol. The summed E-state index contributed by atoms with van der Waals surface area (Å²) in [4.78, 5) is 26.2. The second kappa shape index (κ2) is 12.0. The molecule has 2 amide bonds. The summed E-state index contributed by atoms with van der Waals surface area (Å²) in [6.07, 6.45) is 0.864. The Morgan fingerprint density at radius 3 is 2.39 bits per heavy atom. The van der Waals surface area contributed by atoms with E-state index in [2.05, 4.69) is 10.6 Å². The van der Waals surface area contributed by atoms with Gasteiger partial charge in [-0.3, -0.25) is 9.59 Å². The number of carbonyl (C=O) groups is 2. The van der Waals surface area contributed by atoms with Gasteiger partial charge in [0, 0.05) is 20.6 Å². The van der Waals surface area contributed by atoms with Crippen LogP contribution in [0.1, 0.15) is 18.9 Å². The molecule has 1 atom stereocenters. The average Bonchev–Trinajstić information content (AvgIpc) is 2.79. The molecule has 172 valence electrons. The van der Waals surface area contributed by atoms with E-state index in [9.17, 15) is 9.59 Å². The maximum absolute atomic E-state index is 12.9. The first kappa shape index (κ1) is 25.0. The number of carbonyl (C=O) groups excluding carboxylic acids is 2. The van der Waals surface area contributed by atoms with Gasteiger partial charge in [0.05, 0.1) is 24.5 Å². The highest BCUT2D eigenvalue weighted by atomic mass is 35.5. The third kappa shape index (κ3) is 7.42. The smallest absolute Gasteiger partial charge is 0.237 e. The van der Waals surface area contributed by atoms with Crippen molar-refractivity contribution in [2.24, 2.45) is 0 Å². The lowest BCUT2D eigenvalue weighted by molar-refractivity contribution is -0.116. The summed E-state index contributed by atoms with van der Waals surface area (Å²) in [5.41, 5.74) is 2.07. The van der Waals surface area contributed by atoms with E-state index in [1.54, 1.807) is 30.3 Å². The van der Waals surface area contributed by atoms with E-state index in [4.69, 9.17) is 27.9 Å². The fourth-order valence-corrected chi connectivity index (χ4v) is 4.43. The maximum Gasteiger partial charge on any atom is 0.237 e. The molecule has 0 saturated heterocycles. The molecule has 0 radical (unpaired) electrons. The predicted octanol–water partition coefficient (Wildman–Crippen LogP) is 6.69. The van der Waals surface area contributed by atoms with Crippen molar-refractivity contribution < 1.29 is 14.3 Å². The van der Waals surface area contributed by atoms with Crippen LogP contribution in [0.3, 0.4) is 0 Å². The molecule has 0 heterocycles. The van der Waals surface area contributed by atoms with Gasteiger partial charge in [0.2, 0.25) is 11.8 Å². The van der Waals surface area contributed by atoms with Gasteiger partial charge in [-0.2, -0.15) is 0 Å². The van der Waals surface area contributed by atoms with E-state index in [1.165, 1.54) is 18.9 Å². The number of benzene rings is 3. The number of halogens is 2. The van der Waals surface area contributed by atoms with Crippen molar-refractivity contribution >= 4 is 58.2 Å². The second-order valence-electron chi connectivity index (χ2n) is 7.23. The molecule has 1 unspecified atom stereocenters. The minimum atomic E-state index is -0.339. The molecule has 0 saturated carbocycles. The topological polar surface area (TPSA) is 67.4 Å². The van der Waals surface area contributed by atoms with Crippen LogP contribution in [0.4, 0.5) is 11.4 Å². The summed E-state index contributed by atoms with van der Waals surface area (Å²) in [5, 5.41) is 6.61. The number of hydrogen-bond donors (Lipinski definition) is 2. The molecule has 33 heavy (non-hydrogen) atoms. The molecule has 5 nitrogen and oxygen atoms in total. The lowest BCUT2D eigenvalue weighted by Crippen LogP contribution is -2.24. The van der Waals surface area contributed by atoms with Crippen LogP contribution < -0.4 is 15.4 Å². The molecule has 3 aromatic carbocycles. The van der Waals surface area contributed by atoms with Crippen LogP contribution in [0.15, 0.2) is 71.6 Å². The standard InChI is InChI=1S/C25H24Cl2N2O3S/c1-3-23(25(31)29-21-14-18(27)11-12-22(21)32-2)33-20-6-4-5-19(15-20)28-24(30)13-16-7-9-17(26)10-8-16/h4-12,14-15,23H,3,13H2,1-2H3,(H,28,30)(H,29,31). The van der Waals surface area contributed by atoms with E-state index in [0.29, 0.717) is 33.6 Å². The Kier molecular flexibility index (Phi) is 9.06. The Morgan fingerprint density at radius 1 is 0.970 bits per heavy atom. The van der Waals surface area contributed by atoms with Gasteiger partial charge in [-0.15, -0.1) is 11.8 Å². The van der Waals surface area contributed by atoms with E-state index >= 15 is 0 Å². The molecule has 0 aliphatic heterocycles.